The molecule has 39 heavy (non-hydrogen) atoms. The Hall–Kier alpha value is -3.43. The largest absolute Gasteiger partial charge is 0.489 e. The third kappa shape index (κ3) is 8.80. The number of nitrogens with two attached hydrogens (primary N) is 2. The van der Waals surface area contributed by atoms with Gasteiger partial charge in [-0.2, -0.15) is 0 Å². The SMILES string of the molecule is CCC(=O)N1CCOc2c(cc(-c3ccc(OC/C(N)=C/N)cc3)cc2OCC2CCCN(C)C2)C1.CNC. The first-order valence-electron chi connectivity index (χ1n) is 13.7. The summed E-state index contributed by atoms with van der Waals surface area (Å²) in [5, 5.41) is 2.75. The zero-order valence-electron chi connectivity index (χ0n) is 23.9. The van der Waals surface area contributed by atoms with Crippen molar-refractivity contribution in [1.82, 2.24) is 15.1 Å². The lowest BCUT2D eigenvalue weighted by molar-refractivity contribution is -0.131. The number of benzene rings is 2. The lowest BCUT2D eigenvalue weighted by Gasteiger charge is -2.29. The number of hydrogen-bond acceptors (Lipinski definition) is 8. The van der Waals surface area contributed by atoms with Crippen molar-refractivity contribution in [2.24, 2.45) is 17.4 Å². The first-order chi connectivity index (χ1) is 18.9. The van der Waals surface area contributed by atoms with Crippen LogP contribution in [0.1, 0.15) is 31.7 Å². The zero-order valence-corrected chi connectivity index (χ0v) is 23.9. The molecule has 2 aliphatic rings. The van der Waals surface area contributed by atoms with Crippen molar-refractivity contribution in [3.63, 3.8) is 0 Å². The molecule has 0 spiro atoms. The van der Waals surface area contributed by atoms with Gasteiger partial charge < -0.3 is 40.8 Å². The van der Waals surface area contributed by atoms with Crippen molar-refractivity contribution in [3.8, 4) is 28.4 Å². The van der Waals surface area contributed by atoms with Crippen molar-refractivity contribution in [2.45, 2.75) is 32.7 Å². The molecule has 2 aliphatic heterocycles. The van der Waals surface area contributed by atoms with Gasteiger partial charge in [-0.1, -0.05) is 19.1 Å². The number of piperidine rings is 1. The van der Waals surface area contributed by atoms with E-state index in [1.54, 1.807) is 0 Å². The van der Waals surface area contributed by atoms with E-state index >= 15 is 0 Å². The van der Waals surface area contributed by atoms with Crippen molar-refractivity contribution in [3.05, 3.63) is 53.9 Å². The molecule has 1 atom stereocenters. The molecule has 1 unspecified atom stereocenters. The van der Waals surface area contributed by atoms with Crippen LogP contribution in [-0.4, -0.2) is 76.3 Å². The Morgan fingerprint density at radius 1 is 1.15 bits per heavy atom. The molecule has 0 bridgehead atoms. The van der Waals surface area contributed by atoms with Gasteiger partial charge in [0, 0.05) is 37.2 Å². The summed E-state index contributed by atoms with van der Waals surface area (Å²) < 4.78 is 18.3. The fourth-order valence-electron chi connectivity index (χ4n) is 4.77. The minimum Gasteiger partial charge on any atom is -0.489 e. The predicted molar refractivity (Wildman–Crippen MR) is 156 cm³/mol. The van der Waals surface area contributed by atoms with E-state index in [4.69, 9.17) is 25.7 Å². The number of fused-ring (bicyclic) bond motifs is 1. The maximum absolute atomic E-state index is 12.5. The van der Waals surface area contributed by atoms with E-state index in [-0.39, 0.29) is 12.5 Å². The van der Waals surface area contributed by atoms with Crippen LogP contribution < -0.4 is 31.0 Å². The summed E-state index contributed by atoms with van der Waals surface area (Å²) in [6.45, 7) is 6.47. The maximum atomic E-state index is 12.5. The van der Waals surface area contributed by atoms with Crippen LogP contribution in [0, 0.1) is 5.92 Å². The van der Waals surface area contributed by atoms with Gasteiger partial charge in [-0.25, -0.2) is 0 Å². The van der Waals surface area contributed by atoms with Crippen LogP contribution in [0.2, 0.25) is 0 Å². The molecule has 1 amide bonds. The molecule has 5 N–H and O–H groups in total. The Balaban J connectivity index is 0.00000134. The summed E-state index contributed by atoms with van der Waals surface area (Å²) in [5.74, 6) is 2.80. The second-order valence-electron chi connectivity index (χ2n) is 10.1. The molecule has 214 valence electrons. The van der Waals surface area contributed by atoms with E-state index in [1.807, 2.05) is 56.3 Å². The molecule has 2 aromatic carbocycles. The van der Waals surface area contributed by atoms with Crippen molar-refractivity contribution < 1.29 is 19.0 Å². The Morgan fingerprint density at radius 3 is 2.56 bits per heavy atom. The number of amides is 1. The highest BCUT2D eigenvalue weighted by atomic mass is 16.5. The molecular formula is C30H45N5O4. The molecule has 9 nitrogen and oxygen atoms in total. The number of ether oxygens (including phenoxy) is 3. The van der Waals surface area contributed by atoms with E-state index in [0.29, 0.717) is 50.1 Å². The third-order valence-electron chi connectivity index (χ3n) is 6.76. The van der Waals surface area contributed by atoms with Gasteiger partial charge in [0.15, 0.2) is 11.5 Å². The highest BCUT2D eigenvalue weighted by Crippen LogP contribution is 2.39. The van der Waals surface area contributed by atoms with Gasteiger partial charge in [0.25, 0.3) is 0 Å². The van der Waals surface area contributed by atoms with Crippen molar-refractivity contribution >= 4 is 5.91 Å². The average molecular weight is 540 g/mol. The minimum absolute atomic E-state index is 0.122. The minimum atomic E-state index is 0.122. The van der Waals surface area contributed by atoms with Crippen LogP contribution in [0.5, 0.6) is 17.2 Å². The Morgan fingerprint density at radius 2 is 1.90 bits per heavy atom. The number of rotatable bonds is 8. The van der Waals surface area contributed by atoms with Crippen LogP contribution in [0.4, 0.5) is 0 Å². The molecule has 0 saturated carbocycles. The number of nitrogens with zero attached hydrogens (tertiary/aromatic N) is 2. The van der Waals surface area contributed by atoms with E-state index in [0.717, 1.165) is 47.7 Å². The topological polar surface area (TPSA) is 115 Å². The van der Waals surface area contributed by atoms with Crippen LogP contribution in [-0.2, 0) is 11.3 Å². The molecule has 2 heterocycles. The zero-order chi connectivity index (χ0) is 28.2. The number of hydrogen-bond donors (Lipinski definition) is 3. The molecule has 0 aromatic heterocycles. The second kappa shape index (κ2) is 15.2. The normalized spacial score (nSPS) is 17.7. The van der Waals surface area contributed by atoms with Crippen LogP contribution in [0.15, 0.2) is 48.3 Å². The van der Waals surface area contributed by atoms with Crippen LogP contribution in [0.25, 0.3) is 11.1 Å². The van der Waals surface area contributed by atoms with Gasteiger partial charge in [0.2, 0.25) is 5.91 Å². The lowest BCUT2D eigenvalue weighted by Crippen LogP contribution is -2.34. The van der Waals surface area contributed by atoms with E-state index in [2.05, 4.69) is 23.3 Å². The summed E-state index contributed by atoms with van der Waals surface area (Å²) in [6, 6.07) is 12.0. The molecule has 4 rings (SSSR count). The van der Waals surface area contributed by atoms with E-state index < -0.39 is 0 Å². The number of carbonyl (C=O) groups excluding carboxylic acids is 1. The van der Waals surface area contributed by atoms with Crippen molar-refractivity contribution in [2.75, 3.05) is 60.6 Å². The molecule has 9 heteroatoms. The van der Waals surface area contributed by atoms with Crippen molar-refractivity contribution in [1.29, 1.82) is 0 Å². The molecular weight excluding hydrogens is 494 g/mol. The first-order valence-corrected chi connectivity index (χ1v) is 13.7. The first kappa shape index (κ1) is 30.1. The summed E-state index contributed by atoms with van der Waals surface area (Å²) in [7, 11) is 5.91. The Labute approximate surface area is 233 Å². The smallest absolute Gasteiger partial charge is 0.222 e. The lowest BCUT2D eigenvalue weighted by atomic mass is 9.99. The fourth-order valence-corrected chi connectivity index (χ4v) is 4.77. The van der Waals surface area contributed by atoms with Gasteiger partial charge in [-0.15, -0.1) is 0 Å². The molecule has 1 saturated heterocycles. The van der Waals surface area contributed by atoms with Crippen LogP contribution in [0.3, 0.4) is 0 Å². The number of carbonyl (C=O) groups is 1. The quantitative estimate of drug-likeness (QED) is 0.469. The number of likely N-dealkylation sites (tertiary alicyclic amines) is 1. The molecule has 0 radical (unpaired) electrons. The van der Waals surface area contributed by atoms with Gasteiger partial charge in [-0.3, -0.25) is 4.79 Å². The van der Waals surface area contributed by atoms with Crippen LogP contribution >= 0.6 is 0 Å². The van der Waals surface area contributed by atoms with Gasteiger partial charge in [0.1, 0.15) is 19.0 Å². The number of nitrogens with one attached hydrogen (secondary N) is 1. The Bertz CT molecular complexity index is 1090. The van der Waals surface area contributed by atoms with Gasteiger partial charge in [0.05, 0.1) is 18.8 Å². The fraction of sp³-hybridized carbons (Fsp3) is 0.500. The average Bonchev–Trinajstić information content (AvgIpc) is 3.17. The maximum Gasteiger partial charge on any atom is 0.222 e. The monoisotopic (exact) mass is 539 g/mol. The molecule has 0 aliphatic carbocycles. The summed E-state index contributed by atoms with van der Waals surface area (Å²) >= 11 is 0. The predicted octanol–water partition coefficient (Wildman–Crippen LogP) is 3.18. The second-order valence-corrected chi connectivity index (χ2v) is 10.1. The summed E-state index contributed by atoms with van der Waals surface area (Å²) in [6.07, 6.45) is 4.16. The van der Waals surface area contributed by atoms with E-state index in [1.165, 1.54) is 12.6 Å². The highest BCUT2D eigenvalue weighted by Gasteiger charge is 2.24. The van der Waals surface area contributed by atoms with Gasteiger partial charge >= 0.3 is 0 Å². The Kier molecular flexibility index (Phi) is 11.8. The standard InChI is InChI=1S/C28H38N4O4.C2H7N/c1-3-27(33)32-11-12-34-28-23(17-32)13-22(14-26(28)36-18-20-5-4-10-31(2)16-20)21-6-8-25(9-7-21)35-19-24(30)15-29;1-3-2/h6-9,13-15,20H,3-5,10-12,16-19,29-30H2,1-2H3;3H,1-2H3/b24-15-;. The summed E-state index contributed by atoms with van der Waals surface area (Å²) in [4.78, 5) is 16.7. The summed E-state index contributed by atoms with van der Waals surface area (Å²) in [5.41, 5.74) is 14.6. The highest BCUT2D eigenvalue weighted by molar-refractivity contribution is 5.76. The third-order valence-corrected chi connectivity index (χ3v) is 6.76. The molecule has 2 aromatic rings. The van der Waals surface area contributed by atoms with Gasteiger partial charge in [-0.05, 0) is 75.9 Å². The van der Waals surface area contributed by atoms with E-state index in [9.17, 15) is 4.79 Å². The molecule has 1 fully saturated rings.